The van der Waals surface area contributed by atoms with Gasteiger partial charge in [-0.25, -0.2) is 4.39 Å². The Labute approximate surface area is 124 Å². The van der Waals surface area contributed by atoms with Crippen molar-refractivity contribution in [2.45, 2.75) is 52.0 Å². The first-order chi connectivity index (χ1) is 9.02. The van der Waals surface area contributed by atoms with Crippen LogP contribution >= 0.6 is 15.9 Å². The first-order valence-corrected chi connectivity index (χ1v) is 7.99. The minimum atomic E-state index is -0.0828. The molecule has 1 fully saturated rings. The number of benzene rings is 1. The molecule has 1 aliphatic rings. The number of hydrogen-bond acceptors (Lipinski definition) is 1. The summed E-state index contributed by atoms with van der Waals surface area (Å²) in [6.45, 7) is 5.58. The van der Waals surface area contributed by atoms with Crippen molar-refractivity contribution in [3.05, 3.63) is 34.1 Å². The van der Waals surface area contributed by atoms with Gasteiger partial charge in [0, 0.05) is 10.5 Å². The molecule has 0 bridgehead atoms. The Morgan fingerprint density at radius 2 is 2.26 bits per heavy atom. The zero-order chi connectivity index (χ0) is 13.9. The molecule has 0 aliphatic heterocycles. The van der Waals surface area contributed by atoms with Crippen molar-refractivity contribution in [2.75, 3.05) is 6.54 Å². The van der Waals surface area contributed by atoms with Crippen molar-refractivity contribution in [3.8, 4) is 0 Å². The summed E-state index contributed by atoms with van der Waals surface area (Å²) >= 11 is 3.31. The SMILES string of the molecule is CCCNC1CCC(C)(Cc2ccc(Br)cc2F)C1. The van der Waals surface area contributed by atoms with Crippen LogP contribution in [0, 0.1) is 11.2 Å². The fourth-order valence-corrected chi connectivity index (χ4v) is 3.46. The average Bonchev–Trinajstić information content (AvgIpc) is 2.72. The molecule has 0 spiro atoms. The molecule has 0 saturated heterocycles. The van der Waals surface area contributed by atoms with Crippen molar-refractivity contribution in [1.82, 2.24) is 5.32 Å². The minimum Gasteiger partial charge on any atom is -0.314 e. The molecule has 1 aromatic carbocycles. The third kappa shape index (κ3) is 4.03. The van der Waals surface area contributed by atoms with Gasteiger partial charge in [-0.05, 0) is 61.8 Å². The van der Waals surface area contributed by atoms with E-state index < -0.39 is 0 Å². The standard InChI is InChI=1S/C16H23BrFN/c1-3-8-19-14-6-7-16(2,11-14)10-12-4-5-13(17)9-15(12)18/h4-5,9,14,19H,3,6-8,10-11H2,1-2H3. The Hall–Kier alpha value is -0.410. The van der Waals surface area contributed by atoms with Gasteiger partial charge in [0.1, 0.15) is 5.82 Å². The van der Waals surface area contributed by atoms with E-state index in [2.05, 4.69) is 35.1 Å². The molecule has 1 N–H and O–H groups in total. The molecule has 2 atom stereocenters. The molecule has 1 nitrogen and oxygen atoms in total. The Morgan fingerprint density at radius 1 is 1.47 bits per heavy atom. The van der Waals surface area contributed by atoms with Crippen LogP contribution < -0.4 is 5.32 Å². The van der Waals surface area contributed by atoms with Gasteiger partial charge in [0.15, 0.2) is 0 Å². The van der Waals surface area contributed by atoms with Crippen molar-refractivity contribution in [3.63, 3.8) is 0 Å². The molecule has 2 rings (SSSR count). The molecule has 1 saturated carbocycles. The van der Waals surface area contributed by atoms with Crippen LogP contribution in [0.1, 0.15) is 45.1 Å². The molecule has 1 aromatic rings. The summed E-state index contributed by atoms with van der Waals surface area (Å²) in [5, 5.41) is 3.59. The predicted octanol–water partition coefficient (Wildman–Crippen LogP) is 4.69. The molecule has 0 heterocycles. The second-order valence-electron chi connectivity index (χ2n) is 6.12. The minimum absolute atomic E-state index is 0.0828. The van der Waals surface area contributed by atoms with Gasteiger partial charge in [-0.1, -0.05) is 35.8 Å². The number of nitrogens with one attached hydrogen (secondary N) is 1. The highest BCUT2D eigenvalue weighted by molar-refractivity contribution is 9.10. The predicted molar refractivity (Wildman–Crippen MR) is 81.8 cm³/mol. The highest BCUT2D eigenvalue weighted by Crippen LogP contribution is 2.41. The zero-order valence-electron chi connectivity index (χ0n) is 11.8. The van der Waals surface area contributed by atoms with E-state index >= 15 is 0 Å². The van der Waals surface area contributed by atoms with Gasteiger partial charge in [0.2, 0.25) is 0 Å². The molecular formula is C16H23BrFN. The highest BCUT2D eigenvalue weighted by atomic mass is 79.9. The fraction of sp³-hybridized carbons (Fsp3) is 0.625. The lowest BCUT2D eigenvalue weighted by Crippen LogP contribution is -2.29. The van der Waals surface area contributed by atoms with Crippen molar-refractivity contribution >= 4 is 15.9 Å². The quantitative estimate of drug-likeness (QED) is 0.827. The maximum absolute atomic E-state index is 13.9. The maximum Gasteiger partial charge on any atom is 0.127 e. The van der Waals surface area contributed by atoms with Gasteiger partial charge in [0.05, 0.1) is 0 Å². The lowest BCUT2D eigenvalue weighted by atomic mass is 9.82. The van der Waals surface area contributed by atoms with Crippen molar-refractivity contribution in [1.29, 1.82) is 0 Å². The molecule has 1 aliphatic carbocycles. The van der Waals surface area contributed by atoms with E-state index in [0.29, 0.717) is 6.04 Å². The van der Waals surface area contributed by atoms with Gasteiger partial charge in [0.25, 0.3) is 0 Å². The molecular weight excluding hydrogens is 305 g/mol. The average molecular weight is 328 g/mol. The molecule has 0 radical (unpaired) electrons. The summed E-state index contributed by atoms with van der Waals surface area (Å²) < 4.78 is 14.7. The van der Waals surface area contributed by atoms with E-state index in [-0.39, 0.29) is 11.2 Å². The van der Waals surface area contributed by atoms with Crippen LogP contribution in [0.4, 0.5) is 4.39 Å². The molecule has 106 valence electrons. The van der Waals surface area contributed by atoms with Gasteiger partial charge >= 0.3 is 0 Å². The van der Waals surface area contributed by atoms with Crippen LogP contribution in [0.5, 0.6) is 0 Å². The van der Waals surface area contributed by atoms with Crippen LogP contribution in [0.25, 0.3) is 0 Å². The van der Waals surface area contributed by atoms with E-state index in [4.69, 9.17) is 0 Å². The Kier molecular flexibility index (Phi) is 5.02. The molecule has 0 aromatic heterocycles. The Morgan fingerprint density at radius 3 is 2.95 bits per heavy atom. The van der Waals surface area contributed by atoms with Crippen LogP contribution in [-0.2, 0) is 6.42 Å². The van der Waals surface area contributed by atoms with Crippen LogP contribution in [-0.4, -0.2) is 12.6 Å². The summed E-state index contributed by atoms with van der Waals surface area (Å²) in [7, 11) is 0. The van der Waals surface area contributed by atoms with E-state index in [9.17, 15) is 4.39 Å². The fourth-order valence-electron chi connectivity index (χ4n) is 3.13. The lowest BCUT2D eigenvalue weighted by molar-refractivity contribution is 0.317. The highest BCUT2D eigenvalue weighted by Gasteiger charge is 2.35. The van der Waals surface area contributed by atoms with E-state index in [1.807, 2.05) is 12.1 Å². The van der Waals surface area contributed by atoms with E-state index in [1.165, 1.54) is 19.3 Å². The van der Waals surface area contributed by atoms with Crippen LogP contribution in [0.2, 0.25) is 0 Å². The van der Waals surface area contributed by atoms with Gasteiger partial charge < -0.3 is 5.32 Å². The summed E-state index contributed by atoms with van der Waals surface area (Å²) in [5.41, 5.74) is 1.09. The zero-order valence-corrected chi connectivity index (χ0v) is 13.4. The molecule has 3 heteroatoms. The van der Waals surface area contributed by atoms with Crippen molar-refractivity contribution < 1.29 is 4.39 Å². The third-order valence-corrected chi connectivity index (χ3v) is 4.64. The topological polar surface area (TPSA) is 12.0 Å². The second kappa shape index (κ2) is 6.36. The molecule has 19 heavy (non-hydrogen) atoms. The van der Waals surface area contributed by atoms with Gasteiger partial charge in [-0.15, -0.1) is 0 Å². The first kappa shape index (κ1) is 15.0. The maximum atomic E-state index is 13.9. The van der Waals surface area contributed by atoms with E-state index in [0.717, 1.165) is 29.4 Å². The van der Waals surface area contributed by atoms with Crippen LogP contribution in [0.3, 0.4) is 0 Å². The Bertz CT molecular complexity index is 435. The first-order valence-electron chi connectivity index (χ1n) is 7.20. The number of rotatable bonds is 5. The largest absolute Gasteiger partial charge is 0.314 e. The monoisotopic (exact) mass is 327 g/mol. The molecule has 0 amide bonds. The second-order valence-corrected chi connectivity index (χ2v) is 7.03. The normalized spacial score (nSPS) is 26.8. The third-order valence-electron chi connectivity index (χ3n) is 4.15. The number of halogens is 2. The molecule has 2 unspecified atom stereocenters. The summed E-state index contributed by atoms with van der Waals surface area (Å²) in [6, 6.07) is 6.03. The summed E-state index contributed by atoms with van der Waals surface area (Å²) in [5.74, 6) is -0.0828. The van der Waals surface area contributed by atoms with Crippen molar-refractivity contribution in [2.24, 2.45) is 5.41 Å². The summed E-state index contributed by atoms with van der Waals surface area (Å²) in [4.78, 5) is 0. The van der Waals surface area contributed by atoms with Gasteiger partial charge in [-0.2, -0.15) is 0 Å². The summed E-state index contributed by atoms with van der Waals surface area (Å²) in [6.07, 6.45) is 5.58. The smallest absolute Gasteiger partial charge is 0.127 e. The van der Waals surface area contributed by atoms with Gasteiger partial charge in [-0.3, -0.25) is 0 Å². The van der Waals surface area contributed by atoms with E-state index in [1.54, 1.807) is 6.07 Å². The number of hydrogen-bond donors (Lipinski definition) is 1. The Balaban J connectivity index is 1.98. The van der Waals surface area contributed by atoms with Crippen LogP contribution in [0.15, 0.2) is 22.7 Å². The lowest BCUT2D eigenvalue weighted by Gasteiger charge is -2.25.